The van der Waals surface area contributed by atoms with Crippen LogP contribution in [0.4, 0.5) is 8.78 Å². The van der Waals surface area contributed by atoms with Crippen molar-refractivity contribution in [2.45, 2.75) is 38.1 Å². The number of hydrogen-bond acceptors (Lipinski definition) is 3. The molecule has 3 aromatic carbocycles. The molecule has 0 aromatic heterocycles. The molecule has 0 amide bonds. The van der Waals surface area contributed by atoms with E-state index < -0.39 is 17.2 Å². The Hall–Kier alpha value is -2.60. The van der Waals surface area contributed by atoms with Gasteiger partial charge in [-0.15, -0.1) is 0 Å². The van der Waals surface area contributed by atoms with E-state index in [9.17, 15) is 13.9 Å². The third-order valence-electron chi connectivity index (χ3n) is 6.82. The first-order chi connectivity index (χ1) is 15.0. The first kappa shape index (κ1) is 20.3. The molecule has 5 heteroatoms. The first-order valence-corrected chi connectivity index (χ1v) is 10.7. The van der Waals surface area contributed by atoms with Crippen LogP contribution in [0.25, 0.3) is 11.1 Å². The largest absolute Gasteiger partial charge is 0.392 e. The topological polar surface area (TPSA) is 41.5 Å². The molecular weight excluding hydrogens is 396 g/mol. The van der Waals surface area contributed by atoms with Gasteiger partial charge in [0.15, 0.2) is 11.6 Å². The molecule has 3 nitrogen and oxygen atoms in total. The smallest absolute Gasteiger partial charge is 0.159 e. The molecule has 2 aliphatic heterocycles. The van der Waals surface area contributed by atoms with Gasteiger partial charge in [-0.3, -0.25) is 0 Å². The average molecular weight is 421 g/mol. The third-order valence-corrected chi connectivity index (χ3v) is 6.82. The summed E-state index contributed by atoms with van der Waals surface area (Å²) in [6, 6.07) is 16.7. The maximum Gasteiger partial charge on any atom is 0.159 e. The van der Waals surface area contributed by atoms with E-state index in [1.807, 2.05) is 24.3 Å². The van der Waals surface area contributed by atoms with Crippen LogP contribution in [-0.2, 0) is 23.6 Å². The predicted octanol–water partition coefficient (Wildman–Crippen LogP) is 4.94. The van der Waals surface area contributed by atoms with E-state index in [0.717, 1.165) is 45.5 Å². The summed E-state index contributed by atoms with van der Waals surface area (Å²) in [5, 5.41) is 13.2. The van der Waals surface area contributed by atoms with Crippen molar-refractivity contribution in [1.82, 2.24) is 5.32 Å². The SMILES string of the molecule is Cc1cc(-c2ccccc2CO)ccc1[C@H]1CNCC[C@@]12OCc1cc(F)c(F)cc12. The highest BCUT2D eigenvalue weighted by Gasteiger charge is 2.49. The summed E-state index contributed by atoms with van der Waals surface area (Å²) in [6.07, 6.45) is 0.699. The van der Waals surface area contributed by atoms with Gasteiger partial charge in [0.1, 0.15) is 5.60 Å². The summed E-state index contributed by atoms with van der Waals surface area (Å²) in [7, 11) is 0. The fourth-order valence-electron chi connectivity index (χ4n) is 5.28. The average Bonchev–Trinajstić information content (AvgIpc) is 3.12. The third kappa shape index (κ3) is 3.28. The normalized spacial score (nSPS) is 22.6. The second-order valence-electron chi connectivity index (χ2n) is 8.49. The van der Waals surface area contributed by atoms with E-state index >= 15 is 0 Å². The van der Waals surface area contributed by atoms with Crippen molar-refractivity contribution in [3.05, 3.63) is 94.0 Å². The highest BCUT2D eigenvalue weighted by Crippen LogP contribution is 2.51. The Labute approximate surface area is 180 Å². The van der Waals surface area contributed by atoms with Gasteiger partial charge in [0, 0.05) is 12.5 Å². The second-order valence-corrected chi connectivity index (χ2v) is 8.49. The quantitative estimate of drug-likeness (QED) is 0.630. The Balaban J connectivity index is 1.58. The lowest BCUT2D eigenvalue weighted by atomic mass is 9.72. The van der Waals surface area contributed by atoms with Crippen LogP contribution in [0.5, 0.6) is 0 Å². The van der Waals surface area contributed by atoms with Gasteiger partial charge in [-0.1, -0.05) is 42.5 Å². The molecule has 5 rings (SSSR count). The van der Waals surface area contributed by atoms with Crippen LogP contribution in [0.3, 0.4) is 0 Å². The standard InChI is InChI=1S/C26H25F2NO2/c1-16-10-17(21-5-3-2-4-18(21)14-30)6-7-20(16)23-13-29-9-8-26(23)22-12-25(28)24(27)11-19(22)15-31-26/h2-7,10-12,23,29-30H,8-9,13-15H2,1H3/t23-,26+/m1/s1. The molecular formula is C26H25F2NO2. The molecule has 0 radical (unpaired) electrons. The van der Waals surface area contributed by atoms with Gasteiger partial charge < -0.3 is 15.2 Å². The molecule has 1 spiro atoms. The maximum absolute atomic E-state index is 14.2. The molecule has 160 valence electrons. The van der Waals surface area contributed by atoms with Crippen molar-refractivity contribution >= 4 is 0 Å². The molecule has 2 N–H and O–H groups in total. The Bertz CT molecular complexity index is 1150. The highest BCUT2D eigenvalue weighted by atomic mass is 19.2. The Morgan fingerprint density at radius 2 is 1.90 bits per heavy atom. The number of fused-ring (bicyclic) bond motifs is 2. The Morgan fingerprint density at radius 3 is 2.71 bits per heavy atom. The van der Waals surface area contributed by atoms with Gasteiger partial charge in [-0.2, -0.15) is 0 Å². The van der Waals surface area contributed by atoms with Crippen LogP contribution in [0, 0.1) is 18.6 Å². The van der Waals surface area contributed by atoms with Gasteiger partial charge in [0.25, 0.3) is 0 Å². The van der Waals surface area contributed by atoms with E-state index in [1.54, 1.807) is 0 Å². The monoisotopic (exact) mass is 421 g/mol. The van der Waals surface area contributed by atoms with E-state index in [0.29, 0.717) is 19.6 Å². The number of aliphatic hydroxyl groups excluding tert-OH is 1. The van der Waals surface area contributed by atoms with Crippen LogP contribution in [0.2, 0.25) is 0 Å². The van der Waals surface area contributed by atoms with E-state index in [1.165, 1.54) is 12.1 Å². The molecule has 1 saturated heterocycles. The summed E-state index contributed by atoms with van der Waals surface area (Å²) >= 11 is 0. The van der Waals surface area contributed by atoms with Crippen molar-refractivity contribution in [2.75, 3.05) is 13.1 Å². The van der Waals surface area contributed by atoms with Gasteiger partial charge in [-0.25, -0.2) is 8.78 Å². The van der Waals surface area contributed by atoms with Crippen LogP contribution in [0.15, 0.2) is 54.6 Å². The summed E-state index contributed by atoms with van der Waals surface area (Å²) in [4.78, 5) is 0. The molecule has 2 aliphatic rings. The fraction of sp³-hybridized carbons (Fsp3) is 0.308. The lowest BCUT2D eigenvalue weighted by Crippen LogP contribution is -2.46. The summed E-state index contributed by atoms with van der Waals surface area (Å²) < 4.78 is 34.3. The van der Waals surface area contributed by atoms with E-state index in [4.69, 9.17) is 4.74 Å². The van der Waals surface area contributed by atoms with Crippen LogP contribution in [-0.4, -0.2) is 18.2 Å². The highest BCUT2D eigenvalue weighted by molar-refractivity contribution is 5.68. The molecule has 0 unspecified atom stereocenters. The molecule has 31 heavy (non-hydrogen) atoms. The minimum atomic E-state index is -0.826. The van der Waals surface area contributed by atoms with Crippen molar-refractivity contribution < 1.29 is 18.6 Å². The summed E-state index contributed by atoms with van der Waals surface area (Å²) in [6.45, 7) is 3.81. The molecule has 2 heterocycles. The lowest BCUT2D eigenvalue weighted by molar-refractivity contribution is -0.0750. The van der Waals surface area contributed by atoms with Crippen LogP contribution < -0.4 is 5.32 Å². The van der Waals surface area contributed by atoms with Gasteiger partial charge in [-0.05, 0) is 71.0 Å². The number of benzene rings is 3. The number of piperidine rings is 1. The minimum absolute atomic E-state index is 0.0145. The summed E-state index contributed by atoms with van der Waals surface area (Å²) in [5.74, 6) is -1.67. The number of aryl methyl sites for hydroxylation is 1. The molecule has 3 aromatic rings. The molecule has 0 aliphatic carbocycles. The minimum Gasteiger partial charge on any atom is -0.392 e. The van der Waals surface area contributed by atoms with Crippen molar-refractivity contribution in [2.24, 2.45) is 0 Å². The van der Waals surface area contributed by atoms with Gasteiger partial charge >= 0.3 is 0 Å². The predicted molar refractivity (Wildman–Crippen MR) is 116 cm³/mol. The lowest BCUT2D eigenvalue weighted by Gasteiger charge is -2.42. The maximum atomic E-state index is 14.2. The number of halogens is 2. The molecule has 1 fully saturated rings. The zero-order valence-electron chi connectivity index (χ0n) is 17.4. The molecule has 0 saturated carbocycles. The number of rotatable bonds is 3. The number of hydrogen-bond donors (Lipinski definition) is 2. The van der Waals surface area contributed by atoms with Gasteiger partial charge in [0.05, 0.1) is 13.2 Å². The fourth-order valence-corrected chi connectivity index (χ4v) is 5.28. The molecule has 2 atom stereocenters. The Kier molecular flexibility index (Phi) is 5.13. The molecule has 0 bridgehead atoms. The van der Waals surface area contributed by atoms with Crippen molar-refractivity contribution in [3.63, 3.8) is 0 Å². The Morgan fingerprint density at radius 1 is 1.10 bits per heavy atom. The number of aliphatic hydroxyl groups is 1. The second kappa shape index (κ2) is 7.83. The first-order valence-electron chi connectivity index (χ1n) is 10.7. The zero-order chi connectivity index (χ0) is 21.6. The van der Waals surface area contributed by atoms with E-state index in [-0.39, 0.29) is 12.5 Å². The zero-order valence-corrected chi connectivity index (χ0v) is 17.4. The summed E-state index contributed by atoms with van der Waals surface area (Å²) in [5.41, 5.74) is 6.03. The van der Waals surface area contributed by atoms with Crippen LogP contribution >= 0.6 is 0 Å². The van der Waals surface area contributed by atoms with Crippen molar-refractivity contribution in [1.29, 1.82) is 0 Å². The number of ether oxygens (including phenoxy) is 1. The van der Waals surface area contributed by atoms with Crippen molar-refractivity contribution in [3.8, 4) is 11.1 Å². The van der Waals surface area contributed by atoms with Gasteiger partial charge in [0.2, 0.25) is 0 Å². The van der Waals surface area contributed by atoms with Crippen LogP contribution in [0.1, 0.15) is 40.2 Å². The van der Waals surface area contributed by atoms with E-state index in [2.05, 4.69) is 30.4 Å². The number of nitrogens with one attached hydrogen (secondary N) is 1.